The van der Waals surface area contributed by atoms with Crippen LogP contribution in [0.4, 0.5) is 5.69 Å². The first-order valence-corrected chi connectivity index (χ1v) is 8.66. The molecule has 2 aromatic heterocycles. The van der Waals surface area contributed by atoms with E-state index in [1.165, 1.54) is 11.3 Å². The second-order valence-electron chi connectivity index (χ2n) is 6.17. The van der Waals surface area contributed by atoms with Crippen LogP contribution in [0.15, 0.2) is 45.4 Å². The summed E-state index contributed by atoms with van der Waals surface area (Å²) in [5.74, 6) is 1.63. The molecule has 7 heteroatoms. The lowest BCUT2D eigenvalue weighted by Crippen LogP contribution is -2.46. The highest BCUT2D eigenvalue weighted by Crippen LogP contribution is 2.25. The number of rotatable bonds is 4. The summed E-state index contributed by atoms with van der Waals surface area (Å²) in [4.78, 5) is 4.69. The Morgan fingerprint density at radius 1 is 1.12 bits per heavy atom. The lowest BCUT2D eigenvalue weighted by Gasteiger charge is -2.36. The maximum Gasteiger partial charge on any atom is 0.283 e. The highest BCUT2D eigenvalue weighted by molar-refractivity contribution is 6.30. The molecule has 1 aliphatic rings. The van der Waals surface area contributed by atoms with E-state index in [9.17, 15) is 0 Å². The summed E-state index contributed by atoms with van der Waals surface area (Å²) in [7, 11) is 0. The minimum absolute atomic E-state index is 0.424. The first-order chi connectivity index (χ1) is 12.2. The van der Waals surface area contributed by atoms with Gasteiger partial charge in [0.05, 0.1) is 12.8 Å². The topological polar surface area (TPSA) is 58.5 Å². The molecule has 1 fully saturated rings. The van der Waals surface area contributed by atoms with E-state index in [0.717, 1.165) is 31.2 Å². The Balaban J connectivity index is 1.37. The molecule has 25 heavy (non-hydrogen) atoms. The number of anilines is 1. The predicted molar refractivity (Wildman–Crippen MR) is 95.7 cm³/mol. The third kappa shape index (κ3) is 3.55. The van der Waals surface area contributed by atoms with Crippen molar-refractivity contribution in [3.63, 3.8) is 0 Å². The normalized spacial score (nSPS) is 15.7. The van der Waals surface area contributed by atoms with Crippen molar-refractivity contribution in [1.82, 2.24) is 15.1 Å². The van der Waals surface area contributed by atoms with E-state index >= 15 is 0 Å². The van der Waals surface area contributed by atoms with Gasteiger partial charge in [-0.1, -0.05) is 17.7 Å². The van der Waals surface area contributed by atoms with Crippen molar-refractivity contribution in [3.8, 4) is 11.7 Å². The average molecular weight is 359 g/mol. The van der Waals surface area contributed by atoms with Crippen LogP contribution >= 0.6 is 11.6 Å². The van der Waals surface area contributed by atoms with Gasteiger partial charge in [0.25, 0.3) is 5.89 Å². The van der Waals surface area contributed by atoms with Gasteiger partial charge in [0, 0.05) is 36.9 Å². The predicted octanol–water partition coefficient (Wildman–Crippen LogP) is 3.61. The number of hydrogen-bond acceptors (Lipinski definition) is 6. The van der Waals surface area contributed by atoms with Gasteiger partial charge in [-0.3, -0.25) is 4.90 Å². The van der Waals surface area contributed by atoms with Gasteiger partial charge in [0.15, 0.2) is 5.76 Å². The summed E-state index contributed by atoms with van der Waals surface area (Å²) in [5, 5.41) is 8.94. The van der Waals surface area contributed by atoms with Crippen LogP contribution in [0, 0.1) is 6.92 Å². The molecule has 6 nitrogen and oxygen atoms in total. The molecule has 4 rings (SSSR count). The zero-order chi connectivity index (χ0) is 17.2. The van der Waals surface area contributed by atoms with Crippen LogP contribution < -0.4 is 4.90 Å². The van der Waals surface area contributed by atoms with Crippen LogP contribution in [-0.2, 0) is 6.54 Å². The van der Waals surface area contributed by atoms with Crippen molar-refractivity contribution in [3.05, 3.63) is 53.1 Å². The Hall–Kier alpha value is -2.31. The Bertz CT molecular complexity index is 839. The van der Waals surface area contributed by atoms with Crippen molar-refractivity contribution in [2.45, 2.75) is 13.5 Å². The van der Waals surface area contributed by atoms with Crippen LogP contribution in [0.5, 0.6) is 0 Å². The van der Waals surface area contributed by atoms with Crippen LogP contribution in [-0.4, -0.2) is 41.3 Å². The molecule has 1 saturated heterocycles. The Morgan fingerprint density at radius 2 is 1.96 bits per heavy atom. The van der Waals surface area contributed by atoms with Crippen LogP contribution in [0.2, 0.25) is 5.02 Å². The fraction of sp³-hybridized carbons (Fsp3) is 0.333. The van der Waals surface area contributed by atoms with Crippen molar-refractivity contribution >= 4 is 17.3 Å². The van der Waals surface area contributed by atoms with Crippen molar-refractivity contribution in [2.75, 3.05) is 31.1 Å². The van der Waals surface area contributed by atoms with Gasteiger partial charge in [-0.15, -0.1) is 10.2 Å². The second kappa shape index (κ2) is 6.90. The molecule has 0 atom stereocenters. The summed E-state index contributed by atoms with van der Waals surface area (Å²) in [6, 6.07) is 9.65. The van der Waals surface area contributed by atoms with Gasteiger partial charge in [-0.25, -0.2) is 0 Å². The van der Waals surface area contributed by atoms with Gasteiger partial charge >= 0.3 is 0 Å². The van der Waals surface area contributed by atoms with Gasteiger partial charge in [0.2, 0.25) is 5.89 Å². The first kappa shape index (κ1) is 16.2. The molecular weight excluding hydrogens is 340 g/mol. The lowest BCUT2D eigenvalue weighted by molar-refractivity contribution is 0.226. The molecular formula is C18H19ClN4O2. The van der Waals surface area contributed by atoms with E-state index in [1.54, 1.807) is 12.3 Å². The molecule has 0 aliphatic carbocycles. The zero-order valence-electron chi connectivity index (χ0n) is 14.0. The Kier molecular flexibility index (Phi) is 4.46. The van der Waals surface area contributed by atoms with E-state index in [0.29, 0.717) is 24.1 Å². The number of hydrogen-bond donors (Lipinski definition) is 0. The van der Waals surface area contributed by atoms with Crippen LogP contribution in [0.1, 0.15) is 11.5 Å². The van der Waals surface area contributed by atoms with E-state index < -0.39 is 0 Å². The van der Waals surface area contributed by atoms with Crippen LogP contribution in [0.3, 0.4) is 0 Å². The average Bonchev–Trinajstić information content (AvgIpc) is 3.29. The second-order valence-corrected chi connectivity index (χ2v) is 6.61. The fourth-order valence-corrected chi connectivity index (χ4v) is 3.25. The first-order valence-electron chi connectivity index (χ1n) is 8.29. The quantitative estimate of drug-likeness (QED) is 0.710. The summed E-state index contributed by atoms with van der Waals surface area (Å²) in [5.41, 5.74) is 2.46. The van der Waals surface area contributed by atoms with Gasteiger partial charge in [-0.2, -0.15) is 0 Å². The summed E-state index contributed by atoms with van der Waals surface area (Å²) >= 11 is 6.14. The Labute approximate surface area is 151 Å². The number of aryl methyl sites for hydroxylation is 1. The van der Waals surface area contributed by atoms with E-state index in [4.69, 9.17) is 20.4 Å². The smallest absolute Gasteiger partial charge is 0.283 e. The summed E-state index contributed by atoms with van der Waals surface area (Å²) in [6.07, 6.45) is 1.59. The highest BCUT2D eigenvalue weighted by atomic mass is 35.5. The maximum absolute atomic E-state index is 6.14. The molecule has 1 aromatic carbocycles. The van der Waals surface area contributed by atoms with Crippen LogP contribution in [0.25, 0.3) is 11.7 Å². The minimum atomic E-state index is 0.424. The Morgan fingerprint density at radius 3 is 2.72 bits per heavy atom. The summed E-state index contributed by atoms with van der Waals surface area (Å²) < 4.78 is 11.0. The van der Waals surface area contributed by atoms with Gasteiger partial charge < -0.3 is 13.7 Å². The largest absolute Gasteiger partial charge is 0.459 e. The molecule has 0 radical (unpaired) electrons. The molecule has 0 unspecified atom stereocenters. The molecule has 0 spiro atoms. The molecule has 0 bridgehead atoms. The minimum Gasteiger partial charge on any atom is -0.459 e. The van der Waals surface area contributed by atoms with Gasteiger partial charge in [-0.05, 0) is 36.8 Å². The number of nitrogens with zero attached hydrogens (tertiary/aromatic N) is 4. The summed E-state index contributed by atoms with van der Waals surface area (Å²) in [6.45, 7) is 6.53. The molecule has 0 amide bonds. The molecule has 0 saturated carbocycles. The monoisotopic (exact) mass is 358 g/mol. The molecule has 3 heterocycles. The lowest BCUT2D eigenvalue weighted by atomic mass is 10.1. The fourth-order valence-electron chi connectivity index (χ4n) is 3.08. The molecule has 3 aromatic rings. The number of halogens is 1. The van der Waals surface area contributed by atoms with Crippen molar-refractivity contribution in [2.24, 2.45) is 0 Å². The van der Waals surface area contributed by atoms with E-state index in [2.05, 4.69) is 33.0 Å². The van der Waals surface area contributed by atoms with Crippen molar-refractivity contribution in [1.29, 1.82) is 0 Å². The third-order valence-corrected chi connectivity index (χ3v) is 4.68. The van der Waals surface area contributed by atoms with Gasteiger partial charge in [0.1, 0.15) is 0 Å². The number of furan rings is 1. The molecule has 130 valence electrons. The number of benzene rings is 1. The van der Waals surface area contributed by atoms with Crippen molar-refractivity contribution < 1.29 is 8.83 Å². The standard InChI is InChI=1S/C18H19ClN4O2/c1-13-4-5-14(19)11-15(13)23-8-6-22(7-9-23)12-17-20-21-18(25-17)16-3-2-10-24-16/h2-5,10-11H,6-9,12H2,1H3. The maximum atomic E-state index is 6.14. The van der Waals surface area contributed by atoms with E-state index in [1.807, 2.05) is 18.2 Å². The zero-order valence-corrected chi connectivity index (χ0v) is 14.7. The SMILES string of the molecule is Cc1ccc(Cl)cc1N1CCN(Cc2nnc(-c3ccco3)o2)CC1. The highest BCUT2D eigenvalue weighted by Gasteiger charge is 2.21. The number of aromatic nitrogens is 2. The molecule has 1 aliphatic heterocycles. The molecule has 0 N–H and O–H groups in total. The third-order valence-electron chi connectivity index (χ3n) is 4.44. The van der Waals surface area contributed by atoms with E-state index in [-0.39, 0.29) is 0 Å². The number of piperazine rings is 1.